The van der Waals surface area contributed by atoms with Crippen LogP contribution in [-0.4, -0.2) is 27.5 Å². The number of fused-ring (bicyclic) bond motifs is 13. The first kappa shape index (κ1) is 31.2. The third kappa shape index (κ3) is 3.91. The molecule has 5 atom stereocenters. The fourth-order valence-electron chi connectivity index (χ4n) is 11.7. The first-order valence-electron chi connectivity index (χ1n) is 19.6. The zero-order valence-corrected chi connectivity index (χ0v) is 31.2. The maximum Gasteiger partial charge on any atom is 0.494 e. The van der Waals surface area contributed by atoms with Crippen LogP contribution in [0.1, 0.15) is 78.4 Å². The predicted molar refractivity (Wildman–Crippen MR) is 215 cm³/mol. The molecule has 5 heteroatoms. The Hall–Kier alpha value is -4.32. The second-order valence-electron chi connectivity index (χ2n) is 17.9. The molecule has 7 aromatic rings. The molecule has 0 radical (unpaired) electrons. The molecule has 4 aliphatic rings. The lowest BCUT2D eigenvalue weighted by Gasteiger charge is -2.57. The van der Waals surface area contributed by atoms with Crippen molar-refractivity contribution in [2.45, 2.75) is 83.8 Å². The van der Waals surface area contributed by atoms with Crippen molar-refractivity contribution in [3.63, 3.8) is 0 Å². The van der Waals surface area contributed by atoms with Crippen molar-refractivity contribution in [1.29, 1.82) is 0 Å². The van der Waals surface area contributed by atoms with Gasteiger partial charge in [0, 0.05) is 38.3 Å². The van der Waals surface area contributed by atoms with Gasteiger partial charge in [0.1, 0.15) is 0 Å². The minimum atomic E-state index is -0.412. The van der Waals surface area contributed by atoms with Gasteiger partial charge in [0.2, 0.25) is 0 Å². The summed E-state index contributed by atoms with van der Waals surface area (Å²) in [5, 5.41) is 5.23. The first-order valence-corrected chi connectivity index (χ1v) is 19.6. The molecule has 0 amide bonds. The summed E-state index contributed by atoms with van der Waals surface area (Å²) in [5.74, 6) is 2.72. The van der Waals surface area contributed by atoms with E-state index in [9.17, 15) is 0 Å². The van der Waals surface area contributed by atoms with E-state index in [-0.39, 0.29) is 5.41 Å². The van der Waals surface area contributed by atoms with Crippen molar-refractivity contribution in [2.24, 2.45) is 23.7 Å². The molecule has 3 fully saturated rings. The molecule has 2 bridgehead atoms. The normalized spacial score (nSPS) is 27.3. The van der Waals surface area contributed by atoms with E-state index in [1.54, 1.807) is 0 Å². The fourth-order valence-corrected chi connectivity index (χ4v) is 11.7. The second-order valence-corrected chi connectivity index (χ2v) is 17.9. The largest absolute Gasteiger partial charge is 0.494 e. The standard InChI is InChI=1S/C47H47BN2O2/c1-28-22-30-24-29(2)47(31(23-28)25-30)38-20-18-32(48-51-45(3,4)46(5,6)52-48)26-43(38)50-42-21-19-33(27-37(42)36-14-11-15-39(47)44(36)50)49-40-16-9-7-12-34(40)35-13-8-10-17-41(35)49/h7-21,26-31H,22-25H2,1-6H3. The van der Waals surface area contributed by atoms with E-state index < -0.39 is 18.3 Å². The van der Waals surface area contributed by atoms with Crippen LogP contribution < -0.4 is 5.46 Å². The Morgan fingerprint density at radius 1 is 0.596 bits per heavy atom. The maximum atomic E-state index is 6.68. The number of hydrogen-bond donors (Lipinski definition) is 0. The molecular weight excluding hydrogens is 635 g/mol. The molecule has 260 valence electrons. The molecule has 2 aliphatic heterocycles. The summed E-state index contributed by atoms with van der Waals surface area (Å²) < 4.78 is 18.4. The van der Waals surface area contributed by atoms with Gasteiger partial charge in [-0.3, -0.25) is 0 Å². The van der Waals surface area contributed by atoms with Gasteiger partial charge in [0.25, 0.3) is 0 Å². The van der Waals surface area contributed by atoms with Crippen LogP contribution in [0.4, 0.5) is 0 Å². The molecule has 4 nitrogen and oxygen atoms in total. The van der Waals surface area contributed by atoms with Crippen LogP contribution in [0.3, 0.4) is 0 Å². The SMILES string of the molecule is CC1CC2CC(C)C3(c4ccc(B5OC(C)(C)C(C)(C)O5)cc4-n4c5ccc(-n6c7ccccc7c7ccccc76)cc5c5cccc3c54)C(C1)C2. The Balaban J connectivity index is 1.21. The molecule has 2 aliphatic carbocycles. The summed E-state index contributed by atoms with van der Waals surface area (Å²) >= 11 is 0. The van der Waals surface area contributed by atoms with E-state index in [1.807, 2.05) is 0 Å². The second kappa shape index (κ2) is 10.4. The highest BCUT2D eigenvalue weighted by Crippen LogP contribution is 2.63. The minimum Gasteiger partial charge on any atom is -0.399 e. The molecule has 1 spiro atoms. The molecule has 0 N–H and O–H groups in total. The van der Waals surface area contributed by atoms with Crippen LogP contribution in [0.15, 0.2) is 103 Å². The van der Waals surface area contributed by atoms with Gasteiger partial charge in [-0.2, -0.15) is 0 Å². The van der Waals surface area contributed by atoms with Gasteiger partial charge in [0.15, 0.2) is 0 Å². The third-order valence-electron chi connectivity index (χ3n) is 14.4. The average Bonchev–Trinajstić information content (AvgIpc) is 3.72. The van der Waals surface area contributed by atoms with E-state index in [2.05, 4.69) is 154 Å². The van der Waals surface area contributed by atoms with Crippen molar-refractivity contribution in [1.82, 2.24) is 9.13 Å². The smallest absolute Gasteiger partial charge is 0.399 e. The van der Waals surface area contributed by atoms with Crippen molar-refractivity contribution < 1.29 is 9.31 Å². The fraction of sp³-hybridized carbons (Fsp3) is 0.362. The maximum absolute atomic E-state index is 6.68. The van der Waals surface area contributed by atoms with Gasteiger partial charge >= 0.3 is 7.12 Å². The van der Waals surface area contributed by atoms with E-state index >= 15 is 0 Å². The number of hydrogen-bond acceptors (Lipinski definition) is 2. The zero-order valence-electron chi connectivity index (χ0n) is 31.2. The Kier molecular flexibility index (Phi) is 6.26. The van der Waals surface area contributed by atoms with Crippen LogP contribution in [0.5, 0.6) is 0 Å². The van der Waals surface area contributed by atoms with Gasteiger partial charge in [0.05, 0.1) is 33.3 Å². The van der Waals surface area contributed by atoms with Crippen molar-refractivity contribution >= 4 is 56.2 Å². The van der Waals surface area contributed by atoms with E-state index in [0.29, 0.717) is 11.8 Å². The van der Waals surface area contributed by atoms with E-state index in [4.69, 9.17) is 9.31 Å². The van der Waals surface area contributed by atoms with Gasteiger partial charge in [-0.15, -0.1) is 0 Å². The summed E-state index contributed by atoms with van der Waals surface area (Å²) in [6.07, 6.45) is 5.27. The lowest BCUT2D eigenvalue weighted by molar-refractivity contribution is 0.00578. The van der Waals surface area contributed by atoms with Crippen LogP contribution in [0.2, 0.25) is 0 Å². The number of para-hydroxylation sites is 3. The number of nitrogens with zero attached hydrogens (tertiary/aromatic N) is 2. The average molecular weight is 683 g/mol. The van der Waals surface area contributed by atoms with Gasteiger partial charge in [-0.05, 0) is 130 Å². The summed E-state index contributed by atoms with van der Waals surface area (Å²) in [4.78, 5) is 0. The molecule has 11 rings (SSSR count). The Morgan fingerprint density at radius 3 is 2.00 bits per heavy atom. The van der Waals surface area contributed by atoms with Crippen LogP contribution in [-0.2, 0) is 14.7 Å². The molecule has 2 saturated carbocycles. The number of aromatic nitrogens is 2. The molecule has 5 aromatic carbocycles. The van der Waals surface area contributed by atoms with Gasteiger partial charge < -0.3 is 18.4 Å². The highest BCUT2D eigenvalue weighted by Gasteiger charge is 2.57. The first-order chi connectivity index (χ1) is 25.1. The van der Waals surface area contributed by atoms with E-state index in [0.717, 1.165) is 17.3 Å². The highest BCUT2D eigenvalue weighted by atomic mass is 16.7. The Labute approximate surface area is 306 Å². The quantitative estimate of drug-likeness (QED) is 0.170. The summed E-state index contributed by atoms with van der Waals surface area (Å²) in [5.41, 5.74) is 10.9. The summed E-state index contributed by atoms with van der Waals surface area (Å²) in [6, 6.07) is 39.3. The Bertz CT molecular complexity index is 2550. The van der Waals surface area contributed by atoms with Gasteiger partial charge in [-0.25, -0.2) is 0 Å². The topological polar surface area (TPSA) is 28.3 Å². The molecule has 52 heavy (non-hydrogen) atoms. The lowest BCUT2D eigenvalue weighted by Crippen LogP contribution is -2.52. The third-order valence-corrected chi connectivity index (χ3v) is 14.4. The zero-order chi connectivity index (χ0) is 35.3. The molecule has 2 aromatic heterocycles. The molecule has 5 unspecified atom stereocenters. The molecular formula is C47H47BN2O2. The summed E-state index contributed by atoms with van der Waals surface area (Å²) in [7, 11) is -0.412. The minimum absolute atomic E-state index is 0.0471. The molecule has 4 heterocycles. The van der Waals surface area contributed by atoms with E-state index in [1.165, 1.54) is 91.8 Å². The monoisotopic (exact) mass is 682 g/mol. The van der Waals surface area contributed by atoms with Crippen LogP contribution in [0, 0.1) is 23.7 Å². The van der Waals surface area contributed by atoms with Crippen molar-refractivity contribution in [2.75, 3.05) is 0 Å². The lowest BCUT2D eigenvalue weighted by atomic mass is 9.47. The van der Waals surface area contributed by atoms with Crippen molar-refractivity contribution in [3.05, 3.63) is 114 Å². The number of rotatable bonds is 2. The summed E-state index contributed by atoms with van der Waals surface area (Å²) in [6.45, 7) is 13.7. The highest BCUT2D eigenvalue weighted by molar-refractivity contribution is 6.62. The Morgan fingerprint density at radius 2 is 1.27 bits per heavy atom. The molecule has 1 saturated heterocycles. The van der Waals surface area contributed by atoms with Crippen LogP contribution >= 0.6 is 0 Å². The number of benzene rings is 5. The van der Waals surface area contributed by atoms with Crippen molar-refractivity contribution in [3.8, 4) is 11.4 Å². The van der Waals surface area contributed by atoms with Gasteiger partial charge in [-0.1, -0.05) is 80.6 Å². The predicted octanol–water partition coefficient (Wildman–Crippen LogP) is 10.9. The van der Waals surface area contributed by atoms with Crippen LogP contribution in [0.25, 0.3) is 55.0 Å².